The second-order valence-electron chi connectivity index (χ2n) is 4.27. The van der Waals surface area contributed by atoms with E-state index in [2.05, 4.69) is 23.7 Å². The molecule has 2 heterocycles. The third kappa shape index (κ3) is 2.50. The van der Waals surface area contributed by atoms with E-state index in [9.17, 15) is 4.79 Å². The van der Waals surface area contributed by atoms with Gasteiger partial charge in [-0.2, -0.15) is 0 Å². The lowest BCUT2D eigenvalue weighted by Crippen LogP contribution is -2.35. The highest BCUT2D eigenvalue weighted by Crippen LogP contribution is 2.26. The number of nitrogens with zero attached hydrogens (tertiary/aromatic N) is 2. The largest absolute Gasteiger partial charge is 0.300 e. The summed E-state index contributed by atoms with van der Waals surface area (Å²) in [6.45, 7) is 6.12. The summed E-state index contributed by atoms with van der Waals surface area (Å²) in [5.41, 5.74) is 0. The van der Waals surface area contributed by atoms with Crippen molar-refractivity contribution in [2.75, 3.05) is 13.1 Å². The van der Waals surface area contributed by atoms with Crippen LogP contribution < -0.4 is 0 Å². The zero-order valence-electron chi connectivity index (χ0n) is 9.90. The predicted molar refractivity (Wildman–Crippen MR) is 65.7 cm³/mol. The van der Waals surface area contributed by atoms with Crippen LogP contribution in [0.2, 0.25) is 0 Å². The zero-order valence-corrected chi connectivity index (χ0v) is 10.7. The van der Waals surface area contributed by atoms with Gasteiger partial charge in [0.25, 0.3) is 0 Å². The Morgan fingerprint density at radius 3 is 2.75 bits per heavy atom. The van der Waals surface area contributed by atoms with Crippen LogP contribution in [-0.2, 0) is 11.2 Å². The molecule has 0 radical (unpaired) electrons. The van der Waals surface area contributed by atoms with Gasteiger partial charge >= 0.3 is 0 Å². The summed E-state index contributed by atoms with van der Waals surface area (Å²) < 4.78 is 0. The Balaban J connectivity index is 2.01. The molecular formula is C12H18N2OS. The average Bonchev–Trinajstić information content (AvgIpc) is 2.77. The minimum Gasteiger partial charge on any atom is -0.300 e. The highest BCUT2D eigenvalue weighted by Gasteiger charge is 2.23. The topological polar surface area (TPSA) is 33.2 Å². The second-order valence-corrected chi connectivity index (χ2v) is 5.42. The number of carbonyl (C=O) groups is 1. The molecule has 4 heteroatoms. The summed E-state index contributed by atoms with van der Waals surface area (Å²) in [6, 6.07) is 0.360. The number of likely N-dealkylation sites (tertiary alicyclic amines) is 1. The standard InChI is InChI=1S/C12H18N2OS/c1-3-11-8-13-12(16-11)9(2)14-6-4-10(15)5-7-14/h8-9H,3-7H2,1-2H3. The van der Waals surface area contributed by atoms with Gasteiger partial charge in [0.1, 0.15) is 10.8 Å². The van der Waals surface area contributed by atoms with E-state index < -0.39 is 0 Å². The third-order valence-electron chi connectivity index (χ3n) is 3.18. The Morgan fingerprint density at radius 1 is 1.50 bits per heavy atom. The molecule has 1 fully saturated rings. The molecule has 1 unspecified atom stereocenters. The quantitative estimate of drug-likeness (QED) is 0.811. The molecule has 1 saturated heterocycles. The molecule has 0 saturated carbocycles. The number of Topliss-reactive ketones (excluding diaryl/α,β-unsaturated/α-hetero) is 1. The Labute approximate surface area is 100 Å². The molecule has 0 aliphatic carbocycles. The molecule has 1 aliphatic rings. The molecule has 3 nitrogen and oxygen atoms in total. The molecule has 1 atom stereocenters. The lowest BCUT2D eigenvalue weighted by atomic mass is 10.1. The average molecular weight is 238 g/mol. The van der Waals surface area contributed by atoms with Gasteiger partial charge in [0, 0.05) is 37.0 Å². The van der Waals surface area contributed by atoms with Crippen LogP contribution in [0.5, 0.6) is 0 Å². The first-order valence-corrected chi connectivity index (χ1v) is 6.72. The molecule has 1 aromatic rings. The fourth-order valence-electron chi connectivity index (χ4n) is 2.00. The van der Waals surface area contributed by atoms with Gasteiger partial charge < -0.3 is 0 Å². The Hall–Kier alpha value is -0.740. The fraction of sp³-hybridized carbons (Fsp3) is 0.667. The third-order valence-corrected chi connectivity index (χ3v) is 4.49. The molecule has 0 bridgehead atoms. The van der Waals surface area contributed by atoms with Crippen LogP contribution in [0.25, 0.3) is 0 Å². The maximum Gasteiger partial charge on any atom is 0.135 e. The van der Waals surface area contributed by atoms with Crippen LogP contribution in [0.15, 0.2) is 6.20 Å². The van der Waals surface area contributed by atoms with Crippen molar-refractivity contribution < 1.29 is 4.79 Å². The van der Waals surface area contributed by atoms with E-state index in [4.69, 9.17) is 0 Å². The molecule has 1 aliphatic heterocycles. The first kappa shape index (κ1) is 11.7. The van der Waals surface area contributed by atoms with Crippen molar-refractivity contribution in [3.63, 3.8) is 0 Å². The summed E-state index contributed by atoms with van der Waals surface area (Å²) in [4.78, 5) is 19.4. The first-order valence-electron chi connectivity index (χ1n) is 5.91. The fourth-order valence-corrected chi connectivity index (χ4v) is 2.94. The van der Waals surface area contributed by atoms with E-state index in [-0.39, 0.29) is 0 Å². The smallest absolute Gasteiger partial charge is 0.135 e. The highest BCUT2D eigenvalue weighted by atomic mass is 32.1. The van der Waals surface area contributed by atoms with Crippen molar-refractivity contribution in [2.45, 2.75) is 39.2 Å². The number of rotatable bonds is 3. The molecule has 0 aromatic carbocycles. The Morgan fingerprint density at radius 2 is 2.19 bits per heavy atom. The number of aryl methyl sites for hydroxylation is 1. The number of ketones is 1. The SMILES string of the molecule is CCc1cnc(C(C)N2CCC(=O)CC2)s1. The minimum absolute atomic E-state index is 0.360. The van der Waals surface area contributed by atoms with Crippen LogP contribution in [-0.4, -0.2) is 28.8 Å². The molecule has 1 aromatic heterocycles. The van der Waals surface area contributed by atoms with Crippen LogP contribution in [0.3, 0.4) is 0 Å². The van der Waals surface area contributed by atoms with Crippen molar-refractivity contribution in [3.8, 4) is 0 Å². The highest BCUT2D eigenvalue weighted by molar-refractivity contribution is 7.11. The van der Waals surface area contributed by atoms with Crippen molar-refractivity contribution in [1.82, 2.24) is 9.88 Å². The number of carbonyl (C=O) groups excluding carboxylic acids is 1. The van der Waals surface area contributed by atoms with E-state index in [0.29, 0.717) is 24.7 Å². The summed E-state index contributed by atoms with van der Waals surface area (Å²) in [7, 11) is 0. The number of aromatic nitrogens is 1. The molecule has 2 rings (SSSR count). The van der Waals surface area contributed by atoms with Crippen molar-refractivity contribution in [2.24, 2.45) is 0 Å². The second kappa shape index (κ2) is 5.06. The maximum atomic E-state index is 11.2. The van der Waals surface area contributed by atoms with Crippen molar-refractivity contribution in [3.05, 3.63) is 16.1 Å². The van der Waals surface area contributed by atoms with Gasteiger partial charge in [0.15, 0.2) is 0 Å². The van der Waals surface area contributed by atoms with Crippen LogP contribution in [0.4, 0.5) is 0 Å². The summed E-state index contributed by atoms with van der Waals surface area (Å²) in [6.07, 6.45) is 4.45. The van der Waals surface area contributed by atoms with E-state index in [1.807, 2.05) is 6.20 Å². The van der Waals surface area contributed by atoms with Gasteiger partial charge in [-0.1, -0.05) is 6.92 Å². The lowest BCUT2D eigenvalue weighted by Gasteiger charge is -2.30. The van der Waals surface area contributed by atoms with Crippen molar-refractivity contribution >= 4 is 17.1 Å². The molecule has 0 spiro atoms. The summed E-state index contributed by atoms with van der Waals surface area (Å²) >= 11 is 1.80. The normalized spacial score (nSPS) is 20.0. The number of piperidine rings is 1. The molecule has 0 N–H and O–H groups in total. The van der Waals surface area contributed by atoms with E-state index in [0.717, 1.165) is 19.5 Å². The predicted octanol–water partition coefficient (Wildman–Crippen LogP) is 2.43. The molecule has 16 heavy (non-hydrogen) atoms. The van der Waals surface area contributed by atoms with E-state index in [1.54, 1.807) is 11.3 Å². The van der Waals surface area contributed by atoms with Crippen LogP contribution in [0, 0.1) is 0 Å². The van der Waals surface area contributed by atoms with Crippen LogP contribution >= 0.6 is 11.3 Å². The van der Waals surface area contributed by atoms with Gasteiger partial charge in [-0.05, 0) is 13.3 Å². The molecule has 0 amide bonds. The van der Waals surface area contributed by atoms with Gasteiger partial charge in [-0.25, -0.2) is 4.98 Å². The monoisotopic (exact) mass is 238 g/mol. The maximum absolute atomic E-state index is 11.2. The Bertz CT molecular complexity index is 365. The van der Waals surface area contributed by atoms with E-state index >= 15 is 0 Å². The van der Waals surface area contributed by atoms with Gasteiger partial charge in [0.2, 0.25) is 0 Å². The first-order chi connectivity index (χ1) is 7.70. The van der Waals surface area contributed by atoms with Gasteiger partial charge in [-0.15, -0.1) is 11.3 Å². The summed E-state index contributed by atoms with van der Waals surface area (Å²) in [5.74, 6) is 0.400. The minimum atomic E-state index is 0.360. The van der Waals surface area contributed by atoms with Crippen LogP contribution in [0.1, 0.15) is 42.6 Å². The zero-order chi connectivity index (χ0) is 11.5. The van der Waals surface area contributed by atoms with Gasteiger partial charge in [0.05, 0.1) is 6.04 Å². The number of thiazole rings is 1. The van der Waals surface area contributed by atoms with Gasteiger partial charge in [-0.3, -0.25) is 9.69 Å². The summed E-state index contributed by atoms with van der Waals surface area (Å²) in [5, 5.41) is 1.19. The molecule has 88 valence electrons. The number of hydrogen-bond donors (Lipinski definition) is 0. The van der Waals surface area contributed by atoms with E-state index in [1.165, 1.54) is 9.88 Å². The number of hydrogen-bond acceptors (Lipinski definition) is 4. The lowest BCUT2D eigenvalue weighted by molar-refractivity contribution is -0.121. The van der Waals surface area contributed by atoms with Crippen molar-refractivity contribution in [1.29, 1.82) is 0 Å². The molecular weight excluding hydrogens is 220 g/mol. The Kier molecular flexibility index (Phi) is 3.71.